The Morgan fingerprint density at radius 1 is 1.04 bits per heavy atom. The average molecular weight is 334 g/mol. The number of aromatic hydroxyl groups is 1. The Bertz CT molecular complexity index is 938. The molecule has 2 heterocycles. The average Bonchev–Trinajstić information content (AvgIpc) is 3.30. The second-order valence-electron chi connectivity index (χ2n) is 7.25. The van der Waals surface area contributed by atoms with Crippen LogP contribution in [0.3, 0.4) is 0 Å². The zero-order valence-corrected chi connectivity index (χ0v) is 14.6. The summed E-state index contributed by atoms with van der Waals surface area (Å²) in [5.74, 6) is 0.247. The summed E-state index contributed by atoms with van der Waals surface area (Å²) in [4.78, 5) is 9.35. The maximum atomic E-state index is 10.3. The molecule has 1 aliphatic carbocycles. The van der Waals surface area contributed by atoms with Crippen molar-refractivity contribution < 1.29 is 10.2 Å². The number of aryl methyl sites for hydroxylation is 3. The van der Waals surface area contributed by atoms with Crippen LogP contribution in [0, 0.1) is 13.8 Å². The van der Waals surface area contributed by atoms with Gasteiger partial charge in [0, 0.05) is 16.6 Å². The van der Waals surface area contributed by atoms with Crippen LogP contribution in [-0.2, 0) is 6.42 Å². The van der Waals surface area contributed by atoms with Crippen molar-refractivity contribution in [2.24, 2.45) is 0 Å². The Morgan fingerprint density at radius 3 is 2.52 bits per heavy atom. The third-order valence-electron chi connectivity index (χ3n) is 5.00. The Hall–Kier alpha value is -2.46. The molecule has 4 heteroatoms. The lowest BCUT2D eigenvalue weighted by molar-refractivity contribution is 0.140. The predicted molar refractivity (Wildman–Crippen MR) is 98.6 cm³/mol. The van der Waals surface area contributed by atoms with E-state index in [9.17, 15) is 10.2 Å². The molecule has 0 unspecified atom stereocenters. The van der Waals surface area contributed by atoms with Gasteiger partial charge in [-0.1, -0.05) is 6.07 Å². The molecule has 2 aromatic heterocycles. The molecular weight excluding hydrogens is 312 g/mol. The van der Waals surface area contributed by atoms with E-state index < -0.39 is 5.60 Å². The second-order valence-corrected chi connectivity index (χ2v) is 7.25. The fourth-order valence-corrected chi connectivity index (χ4v) is 3.35. The van der Waals surface area contributed by atoms with E-state index in [4.69, 9.17) is 0 Å². The third kappa shape index (κ3) is 3.22. The molecular formula is C21H22N2O2. The van der Waals surface area contributed by atoms with Gasteiger partial charge in [-0.05, 0) is 81.0 Å². The third-order valence-corrected chi connectivity index (χ3v) is 5.00. The van der Waals surface area contributed by atoms with Crippen LogP contribution in [0.15, 0.2) is 36.4 Å². The molecule has 4 nitrogen and oxygen atoms in total. The lowest BCUT2D eigenvalue weighted by Gasteiger charge is -2.11. The van der Waals surface area contributed by atoms with Crippen molar-refractivity contribution >= 4 is 11.0 Å². The fraction of sp³-hybridized carbons (Fsp3) is 0.333. The number of phenols is 1. The molecule has 1 saturated carbocycles. The van der Waals surface area contributed by atoms with Crippen molar-refractivity contribution in [2.45, 2.75) is 45.1 Å². The van der Waals surface area contributed by atoms with Crippen LogP contribution in [0.4, 0.5) is 0 Å². The van der Waals surface area contributed by atoms with Crippen LogP contribution < -0.4 is 0 Å². The van der Waals surface area contributed by atoms with Gasteiger partial charge < -0.3 is 10.2 Å². The molecule has 3 aromatic rings. The van der Waals surface area contributed by atoms with Crippen LogP contribution in [0.2, 0.25) is 0 Å². The number of rotatable bonds is 4. The number of aromatic nitrogens is 2. The van der Waals surface area contributed by atoms with E-state index >= 15 is 0 Å². The molecule has 0 radical (unpaired) electrons. The molecule has 128 valence electrons. The summed E-state index contributed by atoms with van der Waals surface area (Å²) in [5.41, 5.74) is 4.67. The van der Waals surface area contributed by atoms with Crippen molar-refractivity contribution in [1.29, 1.82) is 0 Å². The minimum absolute atomic E-state index is 0.247. The Balaban J connectivity index is 1.71. The van der Waals surface area contributed by atoms with Crippen LogP contribution in [-0.4, -0.2) is 25.8 Å². The number of benzene rings is 1. The van der Waals surface area contributed by atoms with Gasteiger partial charge in [-0.15, -0.1) is 0 Å². The van der Waals surface area contributed by atoms with E-state index in [2.05, 4.69) is 9.97 Å². The lowest BCUT2D eigenvalue weighted by Crippen LogP contribution is -2.08. The maximum absolute atomic E-state index is 10.3. The highest BCUT2D eigenvalue weighted by molar-refractivity contribution is 5.80. The molecule has 1 fully saturated rings. The molecule has 2 N–H and O–H groups in total. The Labute approximate surface area is 147 Å². The topological polar surface area (TPSA) is 66.2 Å². The largest absolute Gasteiger partial charge is 0.507 e. The minimum atomic E-state index is -0.462. The molecule has 0 saturated heterocycles. The monoisotopic (exact) mass is 334 g/mol. The van der Waals surface area contributed by atoms with E-state index in [1.165, 1.54) is 0 Å². The number of hydrogen-bond acceptors (Lipinski definition) is 4. The molecule has 4 rings (SSSR count). The lowest BCUT2D eigenvalue weighted by atomic mass is 10.0. The number of nitrogens with zero attached hydrogens (tertiary/aromatic N) is 2. The van der Waals surface area contributed by atoms with Gasteiger partial charge in [0.25, 0.3) is 0 Å². The van der Waals surface area contributed by atoms with Crippen LogP contribution >= 0.6 is 0 Å². The molecule has 0 bridgehead atoms. The molecule has 0 amide bonds. The highest BCUT2D eigenvalue weighted by atomic mass is 16.3. The van der Waals surface area contributed by atoms with Crippen LogP contribution in [0.1, 0.15) is 36.1 Å². The molecule has 25 heavy (non-hydrogen) atoms. The van der Waals surface area contributed by atoms with Crippen LogP contribution in [0.5, 0.6) is 5.75 Å². The van der Waals surface area contributed by atoms with Gasteiger partial charge in [0.2, 0.25) is 0 Å². The van der Waals surface area contributed by atoms with Gasteiger partial charge in [-0.2, -0.15) is 0 Å². The fourth-order valence-electron chi connectivity index (χ4n) is 3.35. The van der Waals surface area contributed by atoms with E-state index in [1.54, 1.807) is 6.07 Å². The van der Waals surface area contributed by atoms with E-state index in [0.29, 0.717) is 5.65 Å². The predicted octanol–water partition coefficient (Wildman–Crippen LogP) is 4.08. The minimum Gasteiger partial charge on any atom is -0.507 e. The van der Waals surface area contributed by atoms with E-state index in [0.717, 1.165) is 59.1 Å². The van der Waals surface area contributed by atoms with Gasteiger partial charge in [0.1, 0.15) is 5.75 Å². The highest BCUT2D eigenvalue weighted by Crippen LogP contribution is 2.39. The first-order valence-electron chi connectivity index (χ1n) is 8.73. The maximum Gasteiger partial charge on any atom is 0.160 e. The van der Waals surface area contributed by atoms with E-state index in [1.807, 2.05) is 44.2 Å². The standard InChI is InChI=1S/C21H22N2O2/c1-13-11-14(2)19(18(24)12-13)17-6-4-15-3-5-16(22-20(15)23-17)7-8-21(25)9-10-21/h3-6,11-12,24-25H,7-10H2,1-2H3. The number of hydrogen-bond donors (Lipinski definition) is 2. The first kappa shape index (κ1) is 16.0. The summed E-state index contributed by atoms with van der Waals surface area (Å²) in [6, 6.07) is 11.7. The molecule has 1 aromatic carbocycles. The molecule has 0 spiro atoms. The number of pyridine rings is 2. The first-order valence-corrected chi connectivity index (χ1v) is 8.73. The van der Waals surface area contributed by atoms with Gasteiger partial charge >= 0.3 is 0 Å². The quantitative estimate of drug-likeness (QED) is 0.754. The number of aliphatic hydroxyl groups is 1. The summed E-state index contributed by atoms with van der Waals surface area (Å²) >= 11 is 0. The number of phenolic OH excluding ortho intramolecular Hbond substituents is 1. The van der Waals surface area contributed by atoms with Gasteiger partial charge in [-0.25, -0.2) is 9.97 Å². The van der Waals surface area contributed by atoms with Crippen molar-refractivity contribution in [3.8, 4) is 17.0 Å². The van der Waals surface area contributed by atoms with Gasteiger partial charge in [0.05, 0.1) is 11.3 Å². The summed E-state index contributed by atoms with van der Waals surface area (Å²) in [6.45, 7) is 3.94. The van der Waals surface area contributed by atoms with Crippen molar-refractivity contribution in [3.63, 3.8) is 0 Å². The molecule has 0 aliphatic heterocycles. The van der Waals surface area contributed by atoms with Crippen molar-refractivity contribution in [3.05, 3.63) is 53.2 Å². The summed E-state index contributed by atoms with van der Waals surface area (Å²) < 4.78 is 0. The van der Waals surface area contributed by atoms with Gasteiger partial charge in [-0.3, -0.25) is 0 Å². The zero-order valence-electron chi connectivity index (χ0n) is 14.6. The van der Waals surface area contributed by atoms with Crippen LogP contribution in [0.25, 0.3) is 22.3 Å². The highest BCUT2D eigenvalue weighted by Gasteiger charge is 2.39. The Kier molecular flexibility index (Phi) is 3.73. The second kappa shape index (κ2) is 5.81. The normalized spacial score (nSPS) is 15.5. The number of fused-ring (bicyclic) bond motifs is 1. The van der Waals surface area contributed by atoms with Crippen molar-refractivity contribution in [2.75, 3.05) is 0 Å². The summed E-state index contributed by atoms with van der Waals surface area (Å²) in [7, 11) is 0. The van der Waals surface area contributed by atoms with Crippen molar-refractivity contribution in [1.82, 2.24) is 9.97 Å². The molecule has 0 atom stereocenters. The smallest absolute Gasteiger partial charge is 0.160 e. The Morgan fingerprint density at radius 2 is 1.80 bits per heavy atom. The van der Waals surface area contributed by atoms with Gasteiger partial charge in [0.15, 0.2) is 5.65 Å². The SMILES string of the molecule is Cc1cc(C)c(-c2ccc3ccc(CCC4(O)CC4)nc3n2)c(O)c1. The zero-order chi connectivity index (χ0) is 17.6. The summed E-state index contributed by atoms with van der Waals surface area (Å²) in [6.07, 6.45) is 3.31. The van der Waals surface area contributed by atoms with E-state index in [-0.39, 0.29) is 5.75 Å². The first-order chi connectivity index (χ1) is 11.9. The summed E-state index contributed by atoms with van der Waals surface area (Å²) in [5, 5.41) is 21.3. The molecule has 1 aliphatic rings.